The van der Waals surface area contributed by atoms with Gasteiger partial charge in [0.15, 0.2) is 0 Å². The van der Waals surface area contributed by atoms with Gasteiger partial charge < -0.3 is 30.3 Å². The molecule has 0 aromatic heterocycles. The van der Waals surface area contributed by atoms with Gasteiger partial charge in [-0.3, -0.25) is 14.4 Å². The first-order valence-corrected chi connectivity index (χ1v) is 13.4. The van der Waals surface area contributed by atoms with Crippen molar-refractivity contribution in [3.63, 3.8) is 0 Å². The summed E-state index contributed by atoms with van der Waals surface area (Å²) in [5.74, 6) is -1.03. The van der Waals surface area contributed by atoms with Gasteiger partial charge in [-0.05, 0) is 69.9 Å². The van der Waals surface area contributed by atoms with Crippen molar-refractivity contribution in [2.75, 3.05) is 18.5 Å². The van der Waals surface area contributed by atoms with E-state index in [0.717, 1.165) is 16.7 Å². The fraction of sp³-hybridized carbons (Fsp3) is 0.467. The lowest BCUT2D eigenvalue weighted by Crippen LogP contribution is -2.60. The van der Waals surface area contributed by atoms with Gasteiger partial charge in [0.1, 0.15) is 17.2 Å². The van der Waals surface area contributed by atoms with Crippen LogP contribution in [0.25, 0.3) is 0 Å². The molecule has 3 N–H and O–H groups in total. The highest BCUT2D eigenvalue weighted by Gasteiger charge is 2.36. The van der Waals surface area contributed by atoms with Gasteiger partial charge in [0.2, 0.25) is 17.7 Å². The summed E-state index contributed by atoms with van der Waals surface area (Å²) in [7, 11) is 0. The van der Waals surface area contributed by atoms with Crippen LogP contribution in [0.3, 0.4) is 0 Å². The van der Waals surface area contributed by atoms with E-state index in [2.05, 4.69) is 16.0 Å². The molecule has 1 aliphatic rings. The average Bonchev–Trinajstić information content (AvgIpc) is 2.86. The summed E-state index contributed by atoms with van der Waals surface area (Å²) in [5.41, 5.74) is 1.53. The summed E-state index contributed by atoms with van der Waals surface area (Å²) < 4.78 is 11.2. The van der Waals surface area contributed by atoms with Crippen molar-refractivity contribution < 1.29 is 28.7 Å². The first-order chi connectivity index (χ1) is 18.7. The van der Waals surface area contributed by atoms with Crippen LogP contribution in [0.4, 0.5) is 10.5 Å². The van der Waals surface area contributed by atoms with Gasteiger partial charge in [0.05, 0.1) is 13.2 Å². The molecule has 0 radical (unpaired) electrons. The van der Waals surface area contributed by atoms with Gasteiger partial charge in [-0.2, -0.15) is 0 Å². The molecule has 2 aromatic carbocycles. The van der Waals surface area contributed by atoms with E-state index in [1.807, 2.05) is 48.5 Å². The van der Waals surface area contributed by atoms with Gasteiger partial charge in [0.25, 0.3) is 0 Å². The molecular weight excluding hydrogens is 512 g/mol. The molecular formula is C30H40N4O6. The number of nitrogens with zero attached hydrogens (tertiary/aromatic N) is 1. The van der Waals surface area contributed by atoms with Crippen LogP contribution in [0.2, 0.25) is 0 Å². The zero-order valence-corrected chi connectivity index (χ0v) is 24.1. The maximum absolute atomic E-state index is 13.7. The standard InChI is InChI=1S/C30H40N4O6/c1-20(35)31-24-13-12-22-14-15-34(17-23(22)16-24)26(36)25(19-39-18-21-10-8-7-9-11-21)32-27(37)30(5,6)33-28(38)40-29(2,3)4/h7-13,16,25H,14-15,17-19H2,1-6H3,(H,31,35)(H,32,37)(H,33,38)/t25-/m1/s1. The number of anilines is 1. The molecule has 4 amide bonds. The average molecular weight is 553 g/mol. The van der Waals surface area contributed by atoms with Crippen LogP contribution in [0.5, 0.6) is 0 Å². The van der Waals surface area contributed by atoms with Crippen LogP contribution in [0, 0.1) is 0 Å². The normalized spacial score (nSPS) is 14.0. The Morgan fingerprint density at radius 2 is 1.68 bits per heavy atom. The monoisotopic (exact) mass is 552 g/mol. The van der Waals surface area contributed by atoms with Crippen LogP contribution >= 0.6 is 0 Å². The van der Waals surface area contributed by atoms with Crippen LogP contribution in [-0.2, 0) is 43.4 Å². The molecule has 3 rings (SSSR count). The number of amides is 4. The van der Waals surface area contributed by atoms with Crippen LogP contribution < -0.4 is 16.0 Å². The van der Waals surface area contributed by atoms with Gasteiger partial charge >= 0.3 is 6.09 Å². The quantitative estimate of drug-likeness (QED) is 0.437. The van der Waals surface area contributed by atoms with E-state index in [0.29, 0.717) is 25.2 Å². The maximum Gasteiger partial charge on any atom is 0.408 e. The first-order valence-electron chi connectivity index (χ1n) is 13.4. The minimum atomic E-state index is -1.36. The van der Waals surface area contributed by atoms with E-state index >= 15 is 0 Å². The predicted molar refractivity (Wildman–Crippen MR) is 151 cm³/mol. The number of carbonyl (C=O) groups is 4. The second-order valence-electron chi connectivity index (χ2n) is 11.5. The zero-order valence-electron chi connectivity index (χ0n) is 24.1. The predicted octanol–water partition coefficient (Wildman–Crippen LogP) is 3.53. The van der Waals surface area contributed by atoms with Gasteiger partial charge in [-0.1, -0.05) is 36.4 Å². The molecule has 0 unspecified atom stereocenters. The fourth-order valence-corrected chi connectivity index (χ4v) is 4.24. The number of fused-ring (bicyclic) bond motifs is 1. The van der Waals surface area contributed by atoms with E-state index in [9.17, 15) is 19.2 Å². The lowest BCUT2D eigenvalue weighted by atomic mass is 9.98. The molecule has 0 aliphatic carbocycles. The molecule has 2 aromatic rings. The second-order valence-corrected chi connectivity index (χ2v) is 11.5. The molecule has 10 heteroatoms. The minimum absolute atomic E-state index is 0.0583. The van der Waals surface area contributed by atoms with Crippen molar-refractivity contribution in [1.29, 1.82) is 0 Å². The van der Waals surface area contributed by atoms with Gasteiger partial charge in [-0.15, -0.1) is 0 Å². The van der Waals surface area contributed by atoms with Crippen LogP contribution in [-0.4, -0.2) is 59.0 Å². The first kappa shape index (κ1) is 30.6. The van der Waals surface area contributed by atoms with Crippen molar-refractivity contribution in [2.45, 2.75) is 78.3 Å². The van der Waals surface area contributed by atoms with Crippen LogP contribution in [0.1, 0.15) is 58.2 Å². The third-order valence-corrected chi connectivity index (χ3v) is 6.23. The van der Waals surface area contributed by atoms with Crippen molar-refractivity contribution in [2.24, 2.45) is 0 Å². The number of hydrogen-bond donors (Lipinski definition) is 3. The fourth-order valence-electron chi connectivity index (χ4n) is 4.24. The third kappa shape index (κ3) is 9.08. The van der Waals surface area contributed by atoms with Crippen molar-refractivity contribution in [3.8, 4) is 0 Å². The second kappa shape index (κ2) is 13.0. The number of hydrogen-bond acceptors (Lipinski definition) is 6. The van der Waals surface area contributed by atoms with Crippen LogP contribution in [0.15, 0.2) is 48.5 Å². The highest BCUT2D eigenvalue weighted by Crippen LogP contribution is 2.23. The lowest BCUT2D eigenvalue weighted by molar-refractivity contribution is -0.140. The molecule has 40 heavy (non-hydrogen) atoms. The molecule has 0 saturated heterocycles. The summed E-state index contributed by atoms with van der Waals surface area (Å²) in [6.07, 6.45) is -0.1000. The molecule has 10 nitrogen and oxygen atoms in total. The number of benzene rings is 2. The van der Waals surface area contributed by atoms with E-state index < -0.39 is 29.2 Å². The summed E-state index contributed by atoms with van der Waals surface area (Å²) >= 11 is 0. The smallest absolute Gasteiger partial charge is 0.408 e. The Labute approximate surface area is 235 Å². The summed E-state index contributed by atoms with van der Waals surface area (Å²) in [4.78, 5) is 52.5. The highest BCUT2D eigenvalue weighted by molar-refractivity contribution is 5.94. The Balaban J connectivity index is 1.74. The Bertz CT molecular complexity index is 1220. The highest BCUT2D eigenvalue weighted by atomic mass is 16.6. The molecule has 216 valence electrons. The molecule has 0 saturated carbocycles. The Kier molecular flexibility index (Phi) is 9.92. The molecule has 0 fully saturated rings. The Morgan fingerprint density at radius 1 is 0.975 bits per heavy atom. The molecule has 0 spiro atoms. The van der Waals surface area contributed by atoms with Crippen molar-refractivity contribution >= 4 is 29.5 Å². The summed E-state index contributed by atoms with van der Waals surface area (Å²) in [6.45, 7) is 10.7. The maximum atomic E-state index is 13.7. The molecule has 1 aliphatic heterocycles. The Morgan fingerprint density at radius 3 is 2.33 bits per heavy atom. The third-order valence-electron chi connectivity index (χ3n) is 6.23. The minimum Gasteiger partial charge on any atom is -0.444 e. The number of carbonyl (C=O) groups excluding carboxylic acids is 4. The van der Waals surface area contributed by atoms with Crippen molar-refractivity contribution in [1.82, 2.24) is 15.5 Å². The van der Waals surface area contributed by atoms with E-state index in [-0.39, 0.29) is 25.0 Å². The topological polar surface area (TPSA) is 126 Å². The molecule has 0 bridgehead atoms. The van der Waals surface area contributed by atoms with Crippen molar-refractivity contribution in [3.05, 3.63) is 65.2 Å². The lowest BCUT2D eigenvalue weighted by Gasteiger charge is -2.34. The van der Waals surface area contributed by atoms with E-state index in [1.165, 1.54) is 6.92 Å². The molecule has 1 atom stereocenters. The Hall–Kier alpha value is -3.92. The van der Waals surface area contributed by atoms with Gasteiger partial charge in [-0.25, -0.2) is 4.79 Å². The zero-order chi connectivity index (χ0) is 29.5. The summed E-state index contributed by atoms with van der Waals surface area (Å²) in [5, 5.41) is 8.14. The molecule has 1 heterocycles. The number of rotatable bonds is 9. The number of ether oxygens (including phenoxy) is 2. The van der Waals surface area contributed by atoms with Gasteiger partial charge in [0, 0.05) is 25.7 Å². The largest absolute Gasteiger partial charge is 0.444 e. The van der Waals surface area contributed by atoms with E-state index in [4.69, 9.17) is 9.47 Å². The number of nitrogens with one attached hydrogen (secondary N) is 3. The SMILES string of the molecule is CC(=O)Nc1ccc2c(c1)CN(C(=O)[C@@H](COCc1ccccc1)NC(=O)C(C)(C)NC(=O)OC(C)(C)C)CC2. The summed E-state index contributed by atoms with van der Waals surface area (Å²) in [6, 6.07) is 14.2. The number of alkyl carbamates (subject to hydrolysis) is 1. The van der Waals surface area contributed by atoms with E-state index in [1.54, 1.807) is 39.5 Å².